The van der Waals surface area contributed by atoms with Crippen LogP contribution in [0.3, 0.4) is 0 Å². The maximum Gasteiger partial charge on any atom is 0.137 e. The first-order valence-electron chi connectivity index (χ1n) is 4.84. The average molecular weight is 219 g/mol. The molecule has 0 amide bonds. The second-order valence-corrected chi connectivity index (χ2v) is 4.14. The van der Waals surface area contributed by atoms with Gasteiger partial charge in [0.2, 0.25) is 0 Å². The van der Waals surface area contributed by atoms with Crippen LogP contribution in [0.15, 0.2) is 30.6 Å². The van der Waals surface area contributed by atoms with Crippen LogP contribution in [-0.2, 0) is 0 Å². The summed E-state index contributed by atoms with van der Waals surface area (Å²) < 4.78 is 0. The quantitative estimate of drug-likeness (QED) is 0.801. The van der Waals surface area contributed by atoms with Crippen molar-refractivity contribution in [3.63, 3.8) is 0 Å². The highest BCUT2D eigenvalue weighted by Gasteiger charge is 2.00. The van der Waals surface area contributed by atoms with Crippen LogP contribution in [0.4, 0.5) is 5.82 Å². The number of thioether (sulfide) groups is 1. The van der Waals surface area contributed by atoms with Crippen molar-refractivity contribution in [2.45, 2.75) is 0 Å². The number of benzene rings is 1. The van der Waals surface area contributed by atoms with Gasteiger partial charge in [0.1, 0.15) is 12.1 Å². The molecule has 78 valence electrons. The van der Waals surface area contributed by atoms with Crippen molar-refractivity contribution in [1.82, 2.24) is 9.97 Å². The molecule has 0 fully saturated rings. The topological polar surface area (TPSA) is 37.8 Å². The molecule has 3 nitrogen and oxygen atoms in total. The lowest BCUT2D eigenvalue weighted by atomic mass is 10.2. The summed E-state index contributed by atoms with van der Waals surface area (Å²) in [5, 5.41) is 4.40. The number of fused-ring (bicyclic) bond motifs is 1. The van der Waals surface area contributed by atoms with Crippen LogP contribution in [0.5, 0.6) is 0 Å². The van der Waals surface area contributed by atoms with Gasteiger partial charge in [-0.1, -0.05) is 12.1 Å². The molecule has 0 unspecified atom stereocenters. The minimum Gasteiger partial charge on any atom is -0.369 e. The minimum atomic E-state index is 0.926. The first-order valence-corrected chi connectivity index (χ1v) is 6.24. The highest BCUT2D eigenvalue weighted by atomic mass is 32.2. The number of nitrogens with one attached hydrogen (secondary N) is 1. The van der Waals surface area contributed by atoms with Gasteiger partial charge in [0.15, 0.2) is 0 Å². The fourth-order valence-corrected chi connectivity index (χ4v) is 1.72. The van der Waals surface area contributed by atoms with Crippen LogP contribution in [0.25, 0.3) is 10.9 Å². The number of rotatable bonds is 4. The monoisotopic (exact) mass is 219 g/mol. The Balaban J connectivity index is 2.26. The average Bonchev–Trinajstić information content (AvgIpc) is 2.30. The second kappa shape index (κ2) is 4.98. The van der Waals surface area contributed by atoms with Crippen LogP contribution < -0.4 is 5.32 Å². The second-order valence-electron chi connectivity index (χ2n) is 3.16. The Morgan fingerprint density at radius 1 is 1.27 bits per heavy atom. The van der Waals surface area contributed by atoms with Crippen LogP contribution in [0.2, 0.25) is 0 Å². The van der Waals surface area contributed by atoms with Crippen LogP contribution in [0, 0.1) is 0 Å². The molecule has 0 saturated carbocycles. The van der Waals surface area contributed by atoms with Gasteiger partial charge >= 0.3 is 0 Å². The molecular formula is C11H13N3S. The fraction of sp³-hybridized carbons (Fsp3) is 0.273. The molecule has 0 aliphatic rings. The Labute approximate surface area is 93.3 Å². The molecule has 15 heavy (non-hydrogen) atoms. The molecule has 2 rings (SSSR count). The zero-order valence-corrected chi connectivity index (χ0v) is 9.42. The van der Waals surface area contributed by atoms with Crippen molar-refractivity contribution in [3.8, 4) is 0 Å². The molecule has 0 aliphatic carbocycles. The third-order valence-electron chi connectivity index (χ3n) is 2.14. The van der Waals surface area contributed by atoms with E-state index in [-0.39, 0.29) is 0 Å². The number of anilines is 1. The standard InChI is InChI=1S/C11H13N3S/c1-15-7-6-12-11-9-4-2-3-5-10(9)13-8-14-11/h2-5,8H,6-7H2,1H3,(H,12,13,14). The summed E-state index contributed by atoms with van der Waals surface area (Å²) in [6, 6.07) is 8.03. The van der Waals surface area contributed by atoms with Crippen LogP contribution in [0.1, 0.15) is 0 Å². The van der Waals surface area contributed by atoms with E-state index in [0.29, 0.717) is 0 Å². The summed E-state index contributed by atoms with van der Waals surface area (Å²) >= 11 is 1.82. The molecular weight excluding hydrogens is 206 g/mol. The molecule has 0 spiro atoms. The van der Waals surface area contributed by atoms with Gasteiger partial charge in [-0.05, 0) is 18.4 Å². The first kappa shape index (κ1) is 10.2. The molecule has 2 aromatic rings. The molecule has 1 aromatic heterocycles. The largest absolute Gasteiger partial charge is 0.369 e. The van der Waals surface area contributed by atoms with Gasteiger partial charge < -0.3 is 5.32 Å². The smallest absolute Gasteiger partial charge is 0.137 e. The summed E-state index contributed by atoms with van der Waals surface area (Å²) in [7, 11) is 0. The van der Waals surface area contributed by atoms with Gasteiger partial charge in [-0.15, -0.1) is 0 Å². The Bertz CT molecular complexity index is 439. The summed E-state index contributed by atoms with van der Waals surface area (Å²) in [6.45, 7) is 0.933. The molecule has 0 bridgehead atoms. The minimum absolute atomic E-state index is 0.926. The number of para-hydroxylation sites is 1. The van der Waals surface area contributed by atoms with Gasteiger partial charge in [-0.25, -0.2) is 9.97 Å². The lowest BCUT2D eigenvalue weighted by Crippen LogP contribution is -2.06. The van der Waals surface area contributed by atoms with Crippen molar-refractivity contribution < 1.29 is 0 Å². The van der Waals surface area contributed by atoms with Crippen molar-refractivity contribution in [3.05, 3.63) is 30.6 Å². The van der Waals surface area contributed by atoms with E-state index in [0.717, 1.165) is 29.0 Å². The summed E-state index contributed by atoms with van der Waals surface area (Å²) in [4.78, 5) is 8.46. The van der Waals surface area contributed by atoms with Crippen LogP contribution >= 0.6 is 11.8 Å². The van der Waals surface area contributed by atoms with E-state index in [4.69, 9.17) is 0 Å². The zero-order chi connectivity index (χ0) is 10.5. The molecule has 0 aliphatic heterocycles. The molecule has 1 N–H and O–H groups in total. The van der Waals surface area contributed by atoms with Crippen molar-refractivity contribution in [2.24, 2.45) is 0 Å². The Morgan fingerprint density at radius 3 is 3.00 bits per heavy atom. The number of hydrogen-bond donors (Lipinski definition) is 1. The summed E-state index contributed by atoms with van der Waals surface area (Å²) in [5.74, 6) is 2.01. The number of hydrogen-bond acceptors (Lipinski definition) is 4. The summed E-state index contributed by atoms with van der Waals surface area (Å²) in [5.41, 5.74) is 0.985. The molecule has 4 heteroatoms. The summed E-state index contributed by atoms with van der Waals surface area (Å²) in [6.07, 6.45) is 3.70. The Kier molecular flexibility index (Phi) is 3.40. The third kappa shape index (κ3) is 2.39. The zero-order valence-electron chi connectivity index (χ0n) is 8.60. The van der Waals surface area contributed by atoms with Crippen molar-refractivity contribution in [1.29, 1.82) is 0 Å². The van der Waals surface area contributed by atoms with Crippen molar-refractivity contribution in [2.75, 3.05) is 23.9 Å². The molecule has 0 saturated heterocycles. The molecule has 1 heterocycles. The first-order chi connectivity index (χ1) is 7.42. The van der Waals surface area contributed by atoms with E-state index in [1.54, 1.807) is 6.33 Å². The van der Waals surface area contributed by atoms with E-state index in [1.807, 2.05) is 36.0 Å². The lowest BCUT2D eigenvalue weighted by molar-refractivity contribution is 1.15. The van der Waals surface area contributed by atoms with Gasteiger partial charge in [-0.2, -0.15) is 11.8 Å². The fourth-order valence-electron chi connectivity index (χ4n) is 1.42. The predicted molar refractivity (Wildman–Crippen MR) is 66.4 cm³/mol. The molecule has 1 aromatic carbocycles. The maximum absolute atomic E-state index is 4.25. The highest BCUT2D eigenvalue weighted by molar-refractivity contribution is 7.98. The Hall–Kier alpha value is -1.29. The van der Waals surface area contributed by atoms with Gasteiger partial charge in [0.25, 0.3) is 0 Å². The maximum atomic E-state index is 4.25. The van der Waals surface area contributed by atoms with Gasteiger partial charge in [0, 0.05) is 17.7 Å². The highest BCUT2D eigenvalue weighted by Crippen LogP contribution is 2.17. The van der Waals surface area contributed by atoms with E-state index < -0.39 is 0 Å². The van der Waals surface area contributed by atoms with E-state index in [2.05, 4.69) is 21.5 Å². The van der Waals surface area contributed by atoms with E-state index in [1.165, 1.54) is 0 Å². The van der Waals surface area contributed by atoms with Crippen molar-refractivity contribution >= 4 is 28.5 Å². The number of aromatic nitrogens is 2. The predicted octanol–water partition coefficient (Wildman–Crippen LogP) is 2.40. The molecule has 0 atom stereocenters. The lowest BCUT2D eigenvalue weighted by Gasteiger charge is -2.06. The third-order valence-corrected chi connectivity index (χ3v) is 2.75. The van der Waals surface area contributed by atoms with E-state index in [9.17, 15) is 0 Å². The Morgan fingerprint density at radius 2 is 2.13 bits per heavy atom. The SMILES string of the molecule is CSCCNc1ncnc2ccccc12. The van der Waals surface area contributed by atoms with Gasteiger partial charge in [0.05, 0.1) is 5.52 Å². The molecule has 0 radical (unpaired) electrons. The number of nitrogens with zero attached hydrogens (tertiary/aromatic N) is 2. The normalized spacial score (nSPS) is 10.5. The van der Waals surface area contributed by atoms with Crippen LogP contribution in [-0.4, -0.2) is 28.5 Å². The van der Waals surface area contributed by atoms with E-state index >= 15 is 0 Å². The van der Waals surface area contributed by atoms with Gasteiger partial charge in [-0.3, -0.25) is 0 Å².